The van der Waals surface area contributed by atoms with E-state index in [1.54, 1.807) is 0 Å². The van der Waals surface area contributed by atoms with Gasteiger partial charge in [-0.3, -0.25) is 0 Å². The molecule has 0 atom stereocenters. The first kappa shape index (κ1) is 11.5. The summed E-state index contributed by atoms with van der Waals surface area (Å²) in [5, 5.41) is 2.22. The fraction of sp³-hybridized carbons (Fsp3) is 0.133. The van der Waals surface area contributed by atoms with Gasteiger partial charge in [0.25, 0.3) is 0 Å². The SMILES string of the molecule is Brc1cccc(Oc2ccc3c(n2)=CCCC=3)c1. The van der Waals surface area contributed by atoms with Crippen LogP contribution < -0.4 is 15.3 Å². The maximum Gasteiger partial charge on any atom is 0.219 e. The molecule has 0 unspecified atom stereocenters. The number of rotatable bonds is 2. The van der Waals surface area contributed by atoms with Gasteiger partial charge in [0.05, 0.1) is 5.35 Å². The Bertz CT molecular complexity index is 694. The van der Waals surface area contributed by atoms with Gasteiger partial charge in [-0.1, -0.05) is 34.1 Å². The molecule has 0 aliphatic heterocycles. The van der Waals surface area contributed by atoms with E-state index in [0.29, 0.717) is 5.88 Å². The van der Waals surface area contributed by atoms with Crippen molar-refractivity contribution >= 4 is 28.1 Å². The Morgan fingerprint density at radius 1 is 1.06 bits per heavy atom. The largest absolute Gasteiger partial charge is 0.439 e. The molecule has 1 aliphatic rings. The molecule has 0 N–H and O–H groups in total. The van der Waals surface area contributed by atoms with Gasteiger partial charge in [-0.15, -0.1) is 0 Å². The van der Waals surface area contributed by atoms with E-state index < -0.39 is 0 Å². The third-order valence-electron chi connectivity index (χ3n) is 2.82. The quantitative estimate of drug-likeness (QED) is 0.851. The Morgan fingerprint density at radius 3 is 2.83 bits per heavy atom. The second-order valence-corrected chi connectivity index (χ2v) is 5.08. The van der Waals surface area contributed by atoms with Crippen molar-refractivity contribution in [2.75, 3.05) is 0 Å². The van der Waals surface area contributed by atoms with Crippen LogP contribution >= 0.6 is 15.9 Å². The molecular formula is C15H12BrNO. The number of hydrogen-bond acceptors (Lipinski definition) is 2. The minimum Gasteiger partial charge on any atom is -0.439 e. The van der Waals surface area contributed by atoms with Gasteiger partial charge in [0, 0.05) is 10.5 Å². The molecule has 0 saturated heterocycles. The molecule has 1 heterocycles. The van der Waals surface area contributed by atoms with Gasteiger partial charge >= 0.3 is 0 Å². The summed E-state index contributed by atoms with van der Waals surface area (Å²) in [4.78, 5) is 4.51. The van der Waals surface area contributed by atoms with Crippen LogP contribution in [0.2, 0.25) is 0 Å². The van der Waals surface area contributed by atoms with Crippen LogP contribution in [0.5, 0.6) is 11.6 Å². The molecule has 1 aliphatic carbocycles. The molecule has 1 aromatic carbocycles. The molecule has 2 nitrogen and oxygen atoms in total. The second-order valence-electron chi connectivity index (χ2n) is 4.17. The number of aromatic nitrogens is 1. The Kier molecular flexibility index (Phi) is 3.15. The molecule has 0 spiro atoms. The number of pyridine rings is 1. The minimum absolute atomic E-state index is 0.637. The monoisotopic (exact) mass is 301 g/mol. The van der Waals surface area contributed by atoms with E-state index >= 15 is 0 Å². The third kappa shape index (κ3) is 2.46. The molecule has 2 aromatic rings. The number of fused-ring (bicyclic) bond motifs is 1. The average Bonchev–Trinajstić information content (AvgIpc) is 2.39. The molecule has 0 fully saturated rings. The first-order chi connectivity index (χ1) is 8.81. The van der Waals surface area contributed by atoms with Crippen molar-refractivity contribution < 1.29 is 4.74 Å². The highest BCUT2D eigenvalue weighted by Crippen LogP contribution is 2.21. The normalized spacial score (nSPS) is 13.2. The van der Waals surface area contributed by atoms with Crippen LogP contribution in [-0.4, -0.2) is 4.98 Å². The lowest BCUT2D eigenvalue weighted by Crippen LogP contribution is -2.29. The van der Waals surface area contributed by atoms with Gasteiger partial charge in [-0.25, -0.2) is 4.98 Å². The lowest BCUT2D eigenvalue weighted by molar-refractivity contribution is 0.461. The van der Waals surface area contributed by atoms with Gasteiger partial charge in [0.2, 0.25) is 5.88 Å². The second kappa shape index (κ2) is 4.94. The molecule has 0 amide bonds. The smallest absolute Gasteiger partial charge is 0.219 e. The summed E-state index contributed by atoms with van der Waals surface area (Å²) in [6.07, 6.45) is 6.52. The maximum atomic E-state index is 5.75. The number of ether oxygens (including phenoxy) is 1. The molecule has 0 saturated carbocycles. The van der Waals surface area contributed by atoms with Crippen molar-refractivity contribution in [2.24, 2.45) is 0 Å². The van der Waals surface area contributed by atoms with Crippen molar-refractivity contribution in [1.29, 1.82) is 0 Å². The summed E-state index contributed by atoms with van der Waals surface area (Å²) in [7, 11) is 0. The summed E-state index contributed by atoms with van der Waals surface area (Å²) in [6, 6.07) is 11.7. The fourth-order valence-electron chi connectivity index (χ4n) is 1.97. The van der Waals surface area contributed by atoms with Crippen LogP contribution in [-0.2, 0) is 0 Å². The lowest BCUT2D eigenvalue weighted by Gasteiger charge is -2.06. The van der Waals surface area contributed by atoms with Crippen molar-refractivity contribution in [3.63, 3.8) is 0 Å². The highest BCUT2D eigenvalue weighted by atomic mass is 79.9. The standard InChI is InChI=1S/C15H12BrNO/c16-12-5-3-6-13(10-12)18-15-9-8-11-4-1-2-7-14(11)17-15/h3-10H,1-2H2. The van der Waals surface area contributed by atoms with Gasteiger partial charge in [-0.2, -0.15) is 0 Å². The minimum atomic E-state index is 0.637. The fourth-order valence-corrected chi connectivity index (χ4v) is 2.35. The summed E-state index contributed by atoms with van der Waals surface area (Å²) in [6.45, 7) is 0. The highest BCUT2D eigenvalue weighted by molar-refractivity contribution is 9.10. The number of benzene rings is 1. The molecular weight excluding hydrogens is 290 g/mol. The molecule has 18 heavy (non-hydrogen) atoms. The van der Waals surface area contributed by atoms with E-state index in [1.807, 2.05) is 30.3 Å². The van der Waals surface area contributed by atoms with Crippen molar-refractivity contribution in [2.45, 2.75) is 12.8 Å². The highest BCUT2D eigenvalue weighted by Gasteiger charge is 2.01. The Morgan fingerprint density at radius 2 is 1.94 bits per heavy atom. The summed E-state index contributed by atoms with van der Waals surface area (Å²) >= 11 is 3.42. The predicted octanol–water partition coefficient (Wildman–Crippen LogP) is 2.99. The zero-order valence-electron chi connectivity index (χ0n) is 9.77. The van der Waals surface area contributed by atoms with Crippen LogP contribution in [0.15, 0.2) is 40.9 Å². The van der Waals surface area contributed by atoms with Gasteiger partial charge in [0.15, 0.2) is 0 Å². The van der Waals surface area contributed by atoms with E-state index in [9.17, 15) is 0 Å². The van der Waals surface area contributed by atoms with E-state index in [0.717, 1.165) is 28.4 Å². The Hall–Kier alpha value is -1.61. The Labute approximate surface area is 114 Å². The topological polar surface area (TPSA) is 22.1 Å². The average molecular weight is 302 g/mol. The molecule has 0 bridgehead atoms. The van der Waals surface area contributed by atoms with Crippen LogP contribution in [0.25, 0.3) is 12.2 Å². The van der Waals surface area contributed by atoms with Crippen LogP contribution in [0.1, 0.15) is 12.8 Å². The van der Waals surface area contributed by atoms with Gasteiger partial charge < -0.3 is 4.74 Å². The molecule has 1 aromatic heterocycles. The summed E-state index contributed by atoms with van der Waals surface area (Å²) in [5.41, 5.74) is 0. The number of nitrogens with zero attached hydrogens (tertiary/aromatic N) is 1. The van der Waals surface area contributed by atoms with E-state index in [-0.39, 0.29) is 0 Å². The first-order valence-corrected chi connectivity index (χ1v) is 6.71. The van der Waals surface area contributed by atoms with Gasteiger partial charge in [0.1, 0.15) is 5.75 Å². The van der Waals surface area contributed by atoms with Crippen molar-refractivity contribution in [1.82, 2.24) is 4.98 Å². The zero-order chi connectivity index (χ0) is 12.4. The predicted molar refractivity (Wildman–Crippen MR) is 75.9 cm³/mol. The van der Waals surface area contributed by atoms with Gasteiger partial charge in [-0.05, 0) is 42.3 Å². The first-order valence-electron chi connectivity index (χ1n) is 5.92. The number of hydrogen-bond donors (Lipinski definition) is 0. The van der Waals surface area contributed by atoms with Crippen LogP contribution in [0.3, 0.4) is 0 Å². The Balaban J connectivity index is 1.95. The zero-order valence-corrected chi connectivity index (χ0v) is 11.4. The maximum absolute atomic E-state index is 5.75. The van der Waals surface area contributed by atoms with E-state index in [2.05, 4.69) is 39.1 Å². The molecule has 3 heteroatoms. The van der Waals surface area contributed by atoms with Crippen molar-refractivity contribution in [3.8, 4) is 11.6 Å². The molecule has 90 valence electrons. The number of halogens is 1. The summed E-state index contributed by atoms with van der Waals surface area (Å²) < 4.78 is 6.75. The molecule has 0 radical (unpaired) electrons. The van der Waals surface area contributed by atoms with Crippen LogP contribution in [0, 0.1) is 0 Å². The van der Waals surface area contributed by atoms with E-state index in [1.165, 1.54) is 5.22 Å². The van der Waals surface area contributed by atoms with Crippen LogP contribution in [0.4, 0.5) is 0 Å². The lowest BCUT2D eigenvalue weighted by atomic mass is 10.1. The van der Waals surface area contributed by atoms with Crippen molar-refractivity contribution in [3.05, 3.63) is 51.4 Å². The third-order valence-corrected chi connectivity index (χ3v) is 3.31. The molecule has 3 rings (SSSR count). The summed E-state index contributed by atoms with van der Waals surface area (Å²) in [5.74, 6) is 1.43. The van der Waals surface area contributed by atoms with E-state index in [4.69, 9.17) is 4.74 Å².